The van der Waals surface area contributed by atoms with E-state index in [2.05, 4.69) is 80.6 Å². The van der Waals surface area contributed by atoms with E-state index < -0.39 is 0 Å². The number of nitrogens with zero attached hydrogens (tertiary/aromatic N) is 4. The lowest BCUT2D eigenvalue weighted by atomic mass is 10.2. The van der Waals surface area contributed by atoms with Gasteiger partial charge in [0.05, 0.1) is 46.0 Å². The minimum absolute atomic E-state index is 0.853. The molecular weight excluding hydrogens is 585 g/mol. The van der Waals surface area contributed by atoms with E-state index in [9.17, 15) is 0 Å². The van der Waals surface area contributed by atoms with Crippen molar-refractivity contribution < 1.29 is 9.47 Å². The largest absolute Gasteiger partial charge is 0.497 e. The topological polar surface area (TPSA) is 54.1 Å². The third-order valence-electron chi connectivity index (χ3n) is 7.27. The first-order chi connectivity index (χ1) is 21.7. The summed E-state index contributed by atoms with van der Waals surface area (Å²) in [5.74, 6) is 3.65. The molecule has 0 aliphatic rings. The van der Waals surface area contributed by atoms with Crippen LogP contribution in [0.2, 0.25) is 0 Å². The van der Waals surface area contributed by atoms with Crippen molar-refractivity contribution in [2.24, 2.45) is 0 Å². The Morgan fingerprint density at radius 1 is 0.477 bits per heavy atom. The average molecular weight is 613 g/mol. The highest BCUT2D eigenvalue weighted by atomic mass is 32.1. The Kier molecular flexibility index (Phi) is 7.67. The summed E-state index contributed by atoms with van der Waals surface area (Å²) in [4.78, 5) is 12.0. The SMILES string of the molecule is COc1ccc(-n2c(-c3cccs3)nc3ccccc32)cc1.COc1ccc(-n2c(-c3cccs3)nc3ccccc32)cc1. The number of hydrogen-bond acceptors (Lipinski definition) is 6. The second-order valence-corrected chi connectivity index (χ2v) is 11.8. The van der Waals surface area contributed by atoms with Gasteiger partial charge in [0, 0.05) is 11.4 Å². The molecule has 8 heteroatoms. The summed E-state index contributed by atoms with van der Waals surface area (Å²) in [6.45, 7) is 0. The van der Waals surface area contributed by atoms with Crippen LogP contribution in [-0.4, -0.2) is 33.3 Å². The molecule has 0 N–H and O–H groups in total. The number of ether oxygens (including phenoxy) is 2. The number of methoxy groups -OCH3 is 2. The van der Waals surface area contributed by atoms with Crippen LogP contribution < -0.4 is 9.47 Å². The molecule has 4 aromatic carbocycles. The molecule has 44 heavy (non-hydrogen) atoms. The molecule has 0 saturated heterocycles. The van der Waals surface area contributed by atoms with E-state index in [0.717, 1.165) is 66.3 Å². The van der Waals surface area contributed by atoms with Gasteiger partial charge < -0.3 is 9.47 Å². The Morgan fingerprint density at radius 2 is 0.886 bits per heavy atom. The van der Waals surface area contributed by atoms with Crippen LogP contribution in [-0.2, 0) is 0 Å². The van der Waals surface area contributed by atoms with Gasteiger partial charge in [0.15, 0.2) is 11.6 Å². The molecular formula is C36H28N4O2S2. The van der Waals surface area contributed by atoms with E-state index >= 15 is 0 Å². The zero-order valence-electron chi connectivity index (χ0n) is 24.1. The van der Waals surface area contributed by atoms with Gasteiger partial charge in [0.1, 0.15) is 11.5 Å². The highest BCUT2D eigenvalue weighted by molar-refractivity contribution is 7.13. The Hall–Kier alpha value is -5.18. The Morgan fingerprint density at radius 3 is 1.25 bits per heavy atom. The van der Waals surface area contributed by atoms with Crippen LogP contribution in [0, 0.1) is 0 Å². The fraction of sp³-hybridized carbons (Fsp3) is 0.0556. The number of imidazole rings is 2. The lowest BCUT2D eigenvalue weighted by Gasteiger charge is -2.09. The van der Waals surface area contributed by atoms with Gasteiger partial charge in [-0.05, 0) is 95.7 Å². The van der Waals surface area contributed by atoms with Gasteiger partial charge in [0.25, 0.3) is 0 Å². The third kappa shape index (κ3) is 5.25. The van der Waals surface area contributed by atoms with E-state index in [1.807, 2.05) is 60.7 Å². The first-order valence-corrected chi connectivity index (χ1v) is 15.8. The van der Waals surface area contributed by atoms with Crippen LogP contribution in [0.15, 0.2) is 132 Å². The molecule has 0 amide bonds. The number of thiophene rings is 2. The number of benzene rings is 4. The molecule has 0 bridgehead atoms. The predicted molar refractivity (Wildman–Crippen MR) is 182 cm³/mol. The van der Waals surface area contributed by atoms with E-state index in [0.29, 0.717) is 0 Å². The molecule has 4 aromatic heterocycles. The van der Waals surface area contributed by atoms with Gasteiger partial charge in [-0.3, -0.25) is 9.13 Å². The number of hydrogen-bond donors (Lipinski definition) is 0. The van der Waals surface area contributed by atoms with Gasteiger partial charge >= 0.3 is 0 Å². The van der Waals surface area contributed by atoms with Crippen LogP contribution in [0.5, 0.6) is 11.5 Å². The van der Waals surface area contributed by atoms with Crippen molar-refractivity contribution in [2.75, 3.05) is 14.2 Å². The first-order valence-electron chi connectivity index (χ1n) is 14.0. The van der Waals surface area contributed by atoms with Gasteiger partial charge in [0.2, 0.25) is 0 Å². The number of fused-ring (bicyclic) bond motifs is 2. The molecule has 8 rings (SSSR count). The van der Waals surface area contributed by atoms with Crippen molar-refractivity contribution in [3.63, 3.8) is 0 Å². The summed E-state index contributed by atoms with van der Waals surface area (Å²) in [6.07, 6.45) is 0. The van der Waals surface area contributed by atoms with E-state index in [1.165, 1.54) is 0 Å². The van der Waals surface area contributed by atoms with Crippen molar-refractivity contribution in [3.8, 4) is 44.3 Å². The van der Waals surface area contributed by atoms with E-state index in [1.54, 1.807) is 36.9 Å². The maximum atomic E-state index is 5.25. The molecule has 8 aromatic rings. The second-order valence-electron chi connectivity index (χ2n) is 9.87. The van der Waals surface area contributed by atoms with Crippen LogP contribution in [0.25, 0.3) is 54.8 Å². The molecule has 0 aliphatic heterocycles. The van der Waals surface area contributed by atoms with Crippen LogP contribution in [0.3, 0.4) is 0 Å². The predicted octanol–water partition coefficient (Wildman–Crippen LogP) is 9.53. The molecule has 0 saturated carbocycles. The molecule has 0 aliphatic carbocycles. The Bertz CT molecular complexity index is 1970. The second kappa shape index (κ2) is 12.2. The summed E-state index contributed by atoms with van der Waals surface area (Å²) in [5.41, 5.74) is 6.38. The molecule has 0 spiro atoms. The standard InChI is InChI=1S/2C18H14N2OS/c2*1-21-14-10-8-13(9-11-14)20-16-6-3-2-5-15(16)19-18(20)17-7-4-12-22-17/h2*2-12H,1H3. The molecule has 4 heterocycles. The van der Waals surface area contributed by atoms with Crippen molar-refractivity contribution in [1.29, 1.82) is 0 Å². The molecule has 6 nitrogen and oxygen atoms in total. The van der Waals surface area contributed by atoms with Crippen LogP contribution >= 0.6 is 22.7 Å². The van der Waals surface area contributed by atoms with Gasteiger partial charge in [-0.2, -0.15) is 0 Å². The minimum Gasteiger partial charge on any atom is -0.497 e. The summed E-state index contributed by atoms with van der Waals surface area (Å²) in [6, 6.07) is 40.9. The fourth-order valence-electron chi connectivity index (χ4n) is 5.18. The minimum atomic E-state index is 0.853. The highest BCUT2D eigenvalue weighted by Crippen LogP contribution is 2.33. The van der Waals surface area contributed by atoms with Crippen molar-refractivity contribution >= 4 is 44.7 Å². The summed E-state index contributed by atoms with van der Waals surface area (Å²) in [7, 11) is 3.36. The van der Waals surface area contributed by atoms with Gasteiger partial charge in [-0.15, -0.1) is 22.7 Å². The maximum absolute atomic E-state index is 5.25. The first kappa shape index (κ1) is 27.6. The summed E-state index contributed by atoms with van der Waals surface area (Å²) >= 11 is 3.40. The summed E-state index contributed by atoms with van der Waals surface area (Å²) < 4.78 is 14.9. The Balaban J connectivity index is 0.000000142. The zero-order chi connectivity index (χ0) is 29.9. The number of aromatic nitrogens is 4. The lowest BCUT2D eigenvalue weighted by molar-refractivity contribution is 0.414. The third-order valence-corrected chi connectivity index (χ3v) is 9.00. The van der Waals surface area contributed by atoms with Crippen molar-refractivity contribution in [2.45, 2.75) is 0 Å². The van der Waals surface area contributed by atoms with Crippen LogP contribution in [0.1, 0.15) is 0 Å². The normalized spacial score (nSPS) is 11.0. The zero-order valence-corrected chi connectivity index (χ0v) is 25.8. The molecule has 0 atom stereocenters. The van der Waals surface area contributed by atoms with Crippen molar-refractivity contribution in [1.82, 2.24) is 19.1 Å². The fourth-order valence-corrected chi connectivity index (χ4v) is 6.59. The van der Waals surface area contributed by atoms with Gasteiger partial charge in [-0.1, -0.05) is 36.4 Å². The Labute approximate surface area is 263 Å². The maximum Gasteiger partial charge on any atom is 0.155 e. The van der Waals surface area contributed by atoms with E-state index in [-0.39, 0.29) is 0 Å². The smallest absolute Gasteiger partial charge is 0.155 e. The van der Waals surface area contributed by atoms with Crippen LogP contribution in [0.4, 0.5) is 0 Å². The van der Waals surface area contributed by atoms with Crippen molar-refractivity contribution in [3.05, 3.63) is 132 Å². The molecule has 216 valence electrons. The average Bonchev–Trinajstić information content (AvgIpc) is 3.90. The quantitative estimate of drug-likeness (QED) is 0.188. The summed E-state index contributed by atoms with van der Waals surface area (Å²) in [5, 5.41) is 4.15. The number of para-hydroxylation sites is 4. The molecule has 0 radical (unpaired) electrons. The molecule has 0 fully saturated rings. The van der Waals surface area contributed by atoms with E-state index in [4.69, 9.17) is 19.4 Å². The lowest BCUT2D eigenvalue weighted by Crippen LogP contribution is -1.96. The monoisotopic (exact) mass is 612 g/mol. The molecule has 0 unspecified atom stereocenters. The van der Waals surface area contributed by atoms with Gasteiger partial charge in [-0.25, -0.2) is 9.97 Å². The highest BCUT2D eigenvalue weighted by Gasteiger charge is 2.16. The number of rotatable bonds is 6.